The zero-order valence-corrected chi connectivity index (χ0v) is 16.6. The van der Waals surface area contributed by atoms with Crippen LogP contribution in [-0.4, -0.2) is 32.8 Å². The van der Waals surface area contributed by atoms with Gasteiger partial charge in [-0.1, -0.05) is 62.6 Å². The fourth-order valence-electron chi connectivity index (χ4n) is 5.97. The first-order valence-corrected chi connectivity index (χ1v) is 13.2. The molecule has 134 valence electrons. The van der Waals surface area contributed by atoms with Crippen LogP contribution >= 0.6 is 0 Å². The Morgan fingerprint density at radius 2 is 1.75 bits per heavy atom. The molecule has 3 fully saturated rings. The number of hydrogen-bond donors (Lipinski definition) is 2. The van der Waals surface area contributed by atoms with Gasteiger partial charge in [-0.2, -0.15) is 0 Å². The lowest BCUT2D eigenvalue weighted by molar-refractivity contribution is 0.282. The molecule has 4 rings (SSSR count). The molecule has 3 aliphatic carbocycles. The molecule has 2 saturated carbocycles. The molecule has 0 aromatic rings. The van der Waals surface area contributed by atoms with E-state index in [1.165, 1.54) is 44.9 Å². The van der Waals surface area contributed by atoms with Gasteiger partial charge in [-0.3, -0.25) is 15.2 Å². The van der Waals surface area contributed by atoms with Crippen molar-refractivity contribution >= 4 is 8.24 Å². The Hall–Kier alpha value is -0.423. The van der Waals surface area contributed by atoms with Crippen LogP contribution in [0.1, 0.15) is 44.9 Å². The average molecular weight is 346 g/mol. The van der Waals surface area contributed by atoms with E-state index in [4.69, 9.17) is 0 Å². The summed E-state index contributed by atoms with van der Waals surface area (Å²) in [6, 6.07) is 0. The molecule has 1 aliphatic heterocycles. The summed E-state index contributed by atoms with van der Waals surface area (Å²) in [4.78, 5) is 0. The Kier molecular flexibility index (Phi) is 5.01. The molecule has 0 spiro atoms. The fourth-order valence-corrected chi connectivity index (χ4v) is 9.63. The third-order valence-electron chi connectivity index (χ3n) is 7.42. The minimum absolute atomic E-state index is 0.815. The summed E-state index contributed by atoms with van der Waals surface area (Å²) in [7, 11) is -1.43. The number of nitrogens with one attached hydrogen (secondary N) is 2. The maximum Gasteiger partial charge on any atom is 0.128 e. The lowest BCUT2D eigenvalue weighted by atomic mass is 9.73. The van der Waals surface area contributed by atoms with Gasteiger partial charge in [-0.25, -0.2) is 0 Å². The van der Waals surface area contributed by atoms with Crippen LogP contribution in [0.25, 0.3) is 0 Å². The normalized spacial score (nSPS) is 35.8. The highest BCUT2D eigenvalue weighted by Gasteiger charge is 2.49. The smallest absolute Gasteiger partial charge is 0.128 e. The van der Waals surface area contributed by atoms with E-state index < -0.39 is 8.24 Å². The van der Waals surface area contributed by atoms with E-state index in [1.807, 2.05) is 5.57 Å². The molecule has 0 bridgehead atoms. The largest absolute Gasteiger partial charge is 0.299 e. The van der Waals surface area contributed by atoms with Crippen LogP contribution in [0.3, 0.4) is 0 Å². The van der Waals surface area contributed by atoms with E-state index in [0.717, 1.165) is 43.3 Å². The topological polar surface area (TPSA) is 27.3 Å². The molecular weight excluding hydrogens is 310 g/mol. The van der Waals surface area contributed by atoms with E-state index >= 15 is 0 Å². The van der Waals surface area contributed by atoms with Gasteiger partial charge < -0.3 is 0 Å². The first-order valence-electron chi connectivity index (χ1n) is 10.2. The molecule has 0 radical (unpaired) electrons. The monoisotopic (exact) mass is 345 g/mol. The van der Waals surface area contributed by atoms with E-state index in [9.17, 15) is 0 Å². The standard InChI is InChI=1S/C20H35N3Si/c1-24(2,23-14-21-13-22-15-23)20-12-11-18-17(9-6-10-19(18)20)16-7-4-3-5-8-16/h6,9-10,16,18-22H,3-5,7-8,11-15H2,1-2H3. The molecule has 3 atom stereocenters. The van der Waals surface area contributed by atoms with Crippen molar-refractivity contribution in [3.05, 3.63) is 23.8 Å². The zero-order valence-electron chi connectivity index (χ0n) is 15.6. The first kappa shape index (κ1) is 17.0. The highest BCUT2D eigenvalue weighted by molar-refractivity contribution is 6.76. The third-order valence-corrected chi connectivity index (χ3v) is 11.9. The summed E-state index contributed by atoms with van der Waals surface area (Å²) in [5.74, 6) is 2.58. The second-order valence-corrected chi connectivity index (χ2v) is 13.6. The second kappa shape index (κ2) is 7.06. The first-order chi connectivity index (χ1) is 11.7. The van der Waals surface area contributed by atoms with Crippen LogP contribution < -0.4 is 10.6 Å². The molecule has 0 aromatic carbocycles. The maximum atomic E-state index is 3.52. The highest BCUT2D eigenvalue weighted by atomic mass is 28.3. The zero-order chi connectivity index (χ0) is 16.6. The highest BCUT2D eigenvalue weighted by Crippen LogP contribution is 2.54. The van der Waals surface area contributed by atoms with Crippen molar-refractivity contribution in [3.63, 3.8) is 0 Å². The molecule has 24 heavy (non-hydrogen) atoms. The summed E-state index contributed by atoms with van der Waals surface area (Å²) in [6.45, 7) is 8.35. The van der Waals surface area contributed by atoms with E-state index in [-0.39, 0.29) is 0 Å². The van der Waals surface area contributed by atoms with Crippen LogP contribution in [0.15, 0.2) is 23.8 Å². The van der Waals surface area contributed by atoms with Gasteiger partial charge in [0, 0.05) is 20.0 Å². The predicted molar refractivity (Wildman–Crippen MR) is 104 cm³/mol. The van der Waals surface area contributed by atoms with Crippen molar-refractivity contribution in [3.8, 4) is 0 Å². The van der Waals surface area contributed by atoms with Gasteiger partial charge in [-0.15, -0.1) is 0 Å². The van der Waals surface area contributed by atoms with Crippen LogP contribution in [0.4, 0.5) is 0 Å². The molecular formula is C20H35N3Si. The number of rotatable bonds is 3. The summed E-state index contributed by atoms with van der Waals surface area (Å²) in [6.07, 6.45) is 17.7. The number of nitrogens with zero attached hydrogens (tertiary/aromatic N) is 1. The molecule has 0 aromatic heterocycles. The Bertz CT molecular complexity index is 501. The Labute approximate surface area is 149 Å². The Balaban J connectivity index is 1.50. The van der Waals surface area contributed by atoms with E-state index in [2.05, 4.69) is 46.5 Å². The molecule has 2 N–H and O–H groups in total. The van der Waals surface area contributed by atoms with Gasteiger partial charge >= 0.3 is 0 Å². The molecule has 4 aliphatic rings. The molecule has 1 heterocycles. The molecule has 3 nitrogen and oxygen atoms in total. The van der Waals surface area contributed by atoms with Crippen molar-refractivity contribution < 1.29 is 0 Å². The van der Waals surface area contributed by atoms with Gasteiger partial charge in [-0.05, 0) is 42.6 Å². The molecule has 4 heteroatoms. The number of allylic oxidation sites excluding steroid dienone is 4. The maximum absolute atomic E-state index is 3.52. The molecule has 3 unspecified atom stereocenters. The SMILES string of the molecule is C[Si](C)(C1CCC2C(C3CCCCC3)=CC=CC21)N1CNCNC1. The van der Waals surface area contributed by atoms with Crippen molar-refractivity contribution in [2.75, 3.05) is 20.0 Å². The van der Waals surface area contributed by atoms with Crippen LogP contribution in [0.5, 0.6) is 0 Å². The Morgan fingerprint density at radius 3 is 2.50 bits per heavy atom. The third kappa shape index (κ3) is 3.07. The van der Waals surface area contributed by atoms with Crippen molar-refractivity contribution in [1.82, 2.24) is 15.2 Å². The predicted octanol–water partition coefficient (Wildman–Crippen LogP) is 4.03. The van der Waals surface area contributed by atoms with Gasteiger partial charge in [0.15, 0.2) is 0 Å². The quantitative estimate of drug-likeness (QED) is 0.756. The number of fused-ring (bicyclic) bond motifs is 1. The van der Waals surface area contributed by atoms with E-state index in [1.54, 1.807) is 0 Å². The van der Waals surface area contributed by atoms with Gasteiger partial charge in [0.05, 0.1) is 0 Å². The summed E-state index contributed by atoms with van der Waals surface area (Å²) >= 11 is 0. The van der Waals surface area contributed by atoms with Gasteiger partial charge in [0.2, 0.25) is 0 Å². The summed E-state index contributed by atoms with van der Waals surface area (Å²) < 4.78 is 2.75. The summed E-state index contributed by atoms with van der Waals surface area (Å²) in [5, 5.41) is 7.03. The lowest BCUT2D eigenvalue weighted by Gasteiger charge is -2.46. The van der Waals surface area contributed by atoms with E-state index in [0.29, 0.717) is 0 Å². The van der Waals surface area contributed by atoms with Gasteiger partial charge in [0.1, 0.15) is 8.24 Å². The van der Waals surface area contributed by atoms with Gasteiger partial charge in [0.25, 0.3) is 0 Å². The van der Waals surface area contributed by atoms with Crippen molar-refractivity contribution in [2.45, 2.75) is 63.6 Å². The number of hydrogen-bond acceptors (Lipinski definition) is 3. The van der Waals surface area contributed by atoms with Crippen LogP contribution in [0, 0.1) is 17.8 Å². The minimum Gasteiger partial charge on any atom is -0.299 e. The molecule has 1 saturated heterocycles. The van der Waals surface area contributed by atoms with Crippen molar-refractivity contribution in [1.29, 1.82) is 0 Å². The average Bonchev–Trinajstić information content (AvgIpc) is 3.08. The van der Waals surface area contributed by atoms with Crippen LogP contribution in [0.2, 0.25) is 18.6 Å². The fraction of sp³-hybridized carbons (Fsp3) is 0.800. The Morgan fingerprint density at radius 1 is 1.00 bits per heavy atom. The molecule has 0 amide bonds. The minimum atomic E-state index is -1.43. The lowest BCUT2D eigenvalue weighted by Crippen LogP contribution is -2.63. The van der Waals surface area contributed by atoms with Crippen molar-refractivity contribution in [2.24, 2.45) is 17.8 Å². The second-order valence-electron chi connectivity index (χ2n) is 8.94. The summed E-state index contributed by atoms with van der Waals surface area (Å²) in [5.41, 5.74) is 2.75. The van der Waals surface area contributed by atoms with Crippen LogP contribution in [-0.2, 0) is 0 Å².